The van der Waals surface area contributed by atoms with Crippen LogP contribution >= 0.6 is 0 Å². The molecule has 0 radical (unpaired) electrons. The van der Waals surface area contributed by atoms with Crippen LogP contribution in [0.5, 0.6) is 0 Å². The van der Waals surface area contributed by atoms with Gasteiger partial charge in [0.1, 0.15) is 0 Å². The van der Waals surface area contributed by atoms with Crippen molar-refractivity contribution in [2.45, 2.75) is 19.6 Å². The van der Waals surface area contributed by atoms with E-state index in [1.54, 1.807) is 14.2 Å². The molecule has 5 heteroatoms. The maximum atomic E-state index is 5.12. The van der Waals surface area contributed by atoms with Crippen molar-refractivity contribution in [1.29, 1.82) is 0 Å². The van der Waals surface area contributed by atoms with Crippen LogP contribution in [-0.4, -0.2) is 60.0 Å². The van der Waals surface area contributed by atoms with Crippen molar-refractivity contribution in [3.05, 3.63) is 18.2 Å². The summed E-state index contributed by atoms with van der Waals surface area (Å²) < 4.78 is 10.2. The summed E-state index contributed by atoms with van der Waals surface area (Å²) in [5.41, 5.74) is 1.22. The van der Waals surface area contributed by atoms with Crippen LogP contribution in [0.25, 0.3) is 0 Å². The molecule has 0 aromatic rings. The number of methoxy groups -OCH3 is 2. The van der Waals surface area contributed by atoms with Gasteiger partial charge in [-0.25, -0.2) is 18.2 Å². The first kappa shape index (κ1) is 20.6. The first-order valence-corrected chi connectivity index (χ1v) is 9.70. The van der Waals surface area contributed by atoms with Gasteiger partial charge in [0.2, 0.25) is 0 Å². The van der Waals surface area contributed by atoms with E-state index in [1.165, 1.54) is 5.57 Å². The Morgan fingerprint density at radius 2 is 1.56 bits per heavy atom. The molecule has 0 aliphatic rings. The number of rotatable bonds is 10. The quantitative estimate of drug-likeness (QED) is 0.382. The average molecular weight is 265 g/mol. The standard InChI is InChI=1S/C13H28NO2Si.Li/c1-13(12-17(4,5)6)11-14(7-9-15-2)8-10-16-3;/h12H,1,7-11H2,2-6H3;/q-1;+1. The van der Waals surface area contributed by atoms with E-state index in [-0.39, 0.29) is 18.9 Å². The van der Waals surface area contributed by atoms with E-state index < -0.39 is 8.07 Å². The van der Waals surface area contributed by atoms with Gasteiger partial charge < -0.3 is 9.47 Å². The monoisotopic (exact) mass is 265 g/mol. The molecule has 102 valence electrons. The SMILES string of the molecule is C=C([CH-][Si](C)(C)C)CN(CCOC)CCOC.[Li+]. The largest absolute Gasteiger partial charge is 1.00 e. The average Bonchev–Trinajstić information content (AvgIpc) is 2.19. The second-order valence-corrected chi connectivity index (χ2v) is 10.5. The number of ether oxygens (including phenoxy) is 2. The summed E-state index contributed by atoms with van der Waals surface area (Å²) in [6, 6.07) is 2.36. The minimum absolute atomic E-state index is 0. The molecule has 3 nitrogen and oxygen atoms in total. The molecule has 0 saturated carbocycles. The van der Waals surface area contributed by atoms with Gasteiger partial charge in [0.25, 0.3) is 0 Å². The summed E-state index contributed by atoms with van der Waals surface area (Å²) >= 11 is 0. The summed E-state index contributed by atoms with van der Waals surface area (Å²) in [5.74, 6) is 0. The normalized spacial score (nSPS) is 11.2. The molecule has 0 bridgehead atoms. The van der Waals surface area contributed by atoms with Crippen LogP contribution in [0.15, 0.2) is 12.2 Å². The maximum absolute atomic E-state index is 5.12. The van der Waals surface area contributed by atoms with Crippen LogP contribution in [-0.2, 0) is 9.47 Å². The summed E-state index contributed by atoms with van der Waals surface area (Å²) in [6.07, 6.45) is 0. The van der Waals surface area contributed by atoms with Crippen molar-refractivity contribution in [2.24, 2.45) is 0 Å². The van der Waals surface area contributed by atoms with E-state index in [0.717, 1.165) is 32.8 Å². The van der Waals surface area contributed by atoms with Crippen molar-refractivity contribution in [3.63, 3.8) is 0 Å². The molecule has 0 heterocycles. The van der Waals surface area contributed by atoms with Crippen LogP contribution in [0.4, 0.5) is 0 Å². The second kappa shape index (κ2) is 11.2. The molecule has 0 saturated heterocycles. The van der Waals surface area contributed by atoms with E-state index in [0.29, 0.717) is 0 Å². The zero-order chi connectivity index (χ0) is 13.3. The minimum Gasteiger partial charge on any atom is -0.383 e. The number of nitrogens with zero attached hydrogens (tertiary/aromatic N) is 1. The Morgan fingerprint density at radius 3 is 1.89 bits per heavy atom. The molecular formula is C13H28LiNO2Si. The van der Waals surface area contributed by atoms with Crippen molar-refractivity contribution in [2.75, 3.05) is 47.1 Å². The topological polar surface area (TPSA) is 21.7 Å². The predicted octanol–water partition coefficient (Wildman–Crippen LogP) is -0.777. The van der Waals surface area contributed by atoms with Gasteiger partial charge in [-0.15, -0.1) is 0 Å². The zero-order valence-corrected chi connectivity index (χ0v) is 14.1. The molecule has 0 unspecified atom stereocenters. The van der Waals surface area contributed by atoms with Gasteiger partial charge in [0.15, 0.2) is 0 Å². The fourth-order valence-electron chi connectivity index (χ4n) is 1.66. The third-order valence-electron chi connectivity index (χ3n) is 2.29. The molecule has 0 aliphatic carbocycles. The molecule has 0 amide bonds. The molecule has 0 atom stereocenters. The molecule has 0 fully saturated rings. The third-order valence-corrected chi connectivity index (χ3v) is 3.56. The maximum Gasteiger partial charge on any atom is 1.00 e. The Balaban J connectivity index is 0. The van der Waals surface area contributed by atoms with Crippen LogP contribution in [0.2, 0.25) is 19.6 Å². The summed E-state index contributed by atoms with van der Waals surface area (Å²) in [4.78, 5) is 2.33. The molecule has 0 rings (SSSR count). The predicted molar refractivity (Wildman–Crippen MR) is 77.0 cm³/mol. The Kier molecular flexibility index (Phi) is 12.8. The van der Waals surface area contributed by atoms with Crippen molar-refractivity contribution >= 4 is 8.07 Å². The van der Waals surface area contributed by atoms with Gasteiger partial charge in [0.05, 0.1) is 13.2 Å². The van der Waals surface area contributed by atoms with Crippen LogP contribution in [0.1, 0.15) is 0 Å². The van der Waals surface area contributed by atoms with E-state index in [1.807, 2.05) is 0 Å². The Hall–Kier alpha value is 0.304. The minimum atomic E-state index is -1.16. The van der Waals surface area contributed by atoms with Gasteiger partial charge in [-0.3, -0.25) is 4.90 Å². The third kappa shape index (κ3) is 12.8. The van der Waals surface area contributed by atoms with Gasteiger partial charge in [-0.05, 0) is 14.6 Å². The van der Waals surface area contributed by atoms with E-state index in [4.69, 9.17) is 9.47 Å². The molecular weight excluding hydrogens is 237 g/mol. The summed E-state index contributed by atoms with van der Waals surface area (Å²) in [6.45, 7) is 15.4. The summed E-state index contributed by atoms with van der Waals surface area (Å²) in [7, 11) is 2.30. The molecule has 0 N–H and O–H groups in total. The number of hydrogen-bond acceptors (Lipinski definition) is 3. The molecule has 0 aliphatic heterocycles. The molecule has 18 heavy (non-hydrogen) atoms. The van der Waals surface area contributed by atoms with E-state index in [2.05, 4.69) is 37.2 Å². The Labute approximate surface area is 126 Å². The fraction of sp³-hybridized carbons (Fsp3) is 0.769. The second-order valence-electron chi connectivity index (χ2n) is 5.43. The zero-order valence-electron chi connectivity index (χ0n) is 13.1. The van der Waals surface area contributed by atoms with E-state index in [9.17, 15) is 0 Å². The Bertz CT molecular complexity index is 212. The van der Waals surface area contributed by atoms with Gasteiger partial charge in [0, 0.05) is 27.3 Å². The molecule has 0 aromatic carbocycles. The van der Waals surface area contributed by atoms with Gasteiger partial charge in [-0.2, -0.15) is 0 Å². The van der Waals surface area contributed by atoms with Crippen molar-refractivity contribution in [3.8, 4) is 0 Å². The fourth-order valence-corrected chi connectivity index (χ4v) is 2.97. The van der Waals surface area contributed by atoms with Crippen LogP contribution in [0, 0.1) is 6.04 Å². The number of hydrogen-bond donors (Lipinski definition) is 0. The first-order valence-electron chi connectivity index (χ1n) is 6.13. The Morgan fingerprint density at radius 1 is 1.11 bits per heavy atom. The van der Waals surface area contributed by atoms with Gasteiger partial charge in [-0.1, -0.05) is 19.6 Å². The van der Waals surface area contributed by atoms with Crippen molar-refractivity contribution in [1.82, 2.24) is 4.90 Å². The van der Waals surface area contributed by atoms with E-state index >= 15 is 0 Å². The van der Waals surface area contributed by atoms with Gasteiger partial charge >= 0.3 is 18.9 Å². The van der Waals surface area contributed by atoms with Crippen LogP contribution < -0.4 is 18.9 Å². The first-order chi connectivity index (χ1) is 7.89. The summed E-state index contributed by atoms with van der Waals surface area (Å²) in [5, 5.41) is 0. The van der Waals surface area contributed by atoms with Crippen LogP contribution in [0.3, 0.4) is 0 Å². The van der Waals surface area contributed by atoms with Crippen molar-refractivity contribution < 1.29 is 28.3 Å². The molecule has 0 aromatic heterocycles. The smallest absolute Gasteiger partial charge is 0.383 e. The molecule has 0 spiro atoms.